The van der Waals surface area contributed by atoms with Gasteiger partial charge in [-0.15, -0.1) is 12.4 Å². The normalized spacial score (nSPS) is 16.2. The van der Waals surface area contributed by atoms with Gasteiger partial charge in [-0.2, -0.15) is 0 Å². The second-order valence-corrected chi connectivity index (χ2v) is 13.0. The summed E-state index contributed by atoms with van der Waals surface area (Å²) in [6.07, 6.45) is 3.09. The van der Waals surface area contributed by atoms with Crippen LogP contribution in [0.4, 0.5) is 8.78 Å². The smallest absolute Gasteiger partial charge is 0.346 e. The molecule has 0 aromatic heterocycles. The van der Waals surface area contributed by atoms with Gasteiger partial charge in [0, 0.05) is 37.7 Å². The lowest BCUT2D eigenvalue weighted by atomic mass is 9.88. The summed E-state index contributed by atoms with van der Waals surface area (Å²) >= 11 is 0. The Labute approximate surface area is 290 Å². The quantitative estimate of drug-likeness (QED) is 0.138. The number of amides is 2. The van der Waals surface area contributed by atoms with Crippen LogP contribution in [0, 0.1) is 11.6 Å². The van der Waals surface area contributed by atoms with Gasteiger partial charge in [-0.3, -0.25) is 9.28 Å². The number of benzene rings is 3. The molecule has 1 saturated heterocycles. The molecule has 0 bridgehead atoms. The average Bonchev–Trinajstić information content (AvgIpc) is 3.06. The Bertz CT molecular complexity index is 1490. The van der Waals surface area contributed by atoms with Crippen molar-refractivity contribution in [3.8, 4) is 0 Å². The molecule has 10 heteroatoms. The van der Waals surface area contributed by atoms with Crippen molar-refractivity contribution in [2.75, 3.05) is 32.7 Å². The third-order valence-corrected chi connectivity index (χ3v) is 9.43. The first-order chi connectivity index (χ1) is 22.6. The maximum atomic E-state index is 15.0. The topological polar surface area (TPSA) is 104 Å². The van der Waals surface area contributed by atoms with Gasteiger partial charge in [-0.25, -0.2) is 13.6 Å². The Morgan fingerprint density at radius 2 is 1.62 bits per heavy atom. The van der Waals surface area contributed by atoms with E-state index in [9.17, 15) is 18.7 Å². The van der Waals surface area contributed by atoms with Gasteiger partial charge in [0.1, 0.15) is 23.8 Å². The number of carbonyl (C=O) groups excluding carboxylic acids is 2. The van der Waals surface area contributed by atoms with E-state index < -0.39 is 29.7 Å². The van der Waals surface area contributed by atoms with Gasteiger partial charge in [0.15, 0.2) is 0 Å². The summed E-state index contributed by atoms with van der Waals surface area (Å²) in [5.41, 5.74) is 9.93. The van der Waals surface area contributed by atoms with Crippen LogP contribution in [-0.4, -0.2) is 66.3 Å². The molecule has 48 heavy (non-hydrogen) atoms. The van der Waals surface area contributed by atoms with Crippen molar-refractivity contribution in [2.45, 2.75) is 83.9 Å². The molecule has 1 aliphatic heterocycles. The van der Waals surface area contributed by atoms with Crippen molar-refractivity contribution in [1.82, 2.24) is 10.6 Å². The van der Waals surface area contributed by atoms with Crippen LogP contribution < -0.4 is 16.4 Å². The first kappa shape index (κ1) is 39.2. The molecule has 3 aromatic rings. The van der Waals surface area contributed by atoms with E-state index >= 15 is 4.79 Å². The van der Waals surface area contributed by atoms with Gasteiger partial charge in [-0.05, 0) is 97.2 Å². The van der Waals surface area contributed by atoms with Crippen molar-refractivity contribution in [2.24, 2.45) is 5.73 Å². The van der Waals surface area contributed by atoms with Crippen LogP contribution in [0.1, 0.15) is 95.3 Å². The number of nitrogens with two attached hydrogens (primary N) is 1. The number of halogens is 3. The Hall–Kier alpha value is -3.21. The van der Waals surface area contributed by atoms with Crippen molar-refractivity contribution in [3.63, 3.8) is 0 Å². The van der Waals surface area contributed by atoms with Crippen molar-refractivity contribution < 1.29 is 28.0 Å². The van der Waals surface area contributed by atoms with Gasteiger partial charge in [-0.1, -0.05) is 45.0 Å². The van der Waals surface area contributed by atoms with E-state index in [1.807, 2.05) is 32.0 Å². The minimum absolute atomic E-state index is 0. The number of aliphatic hydroxyl groups excluding tert-OH is 1. The number of rotatable bonds is 16. The van der Waals surface area contributed by atoms with Crippen molar-refractivity contribution in [3.05, 3.63) is 106 Å². The molecular formula is C38H52ClF2N4O3+. The lowest BCUT2D eigenvalue weighted by molar-refractivity contribution is -0.878. The lowest BCUT2D eigenvalue weighted by Crippen LogP contribution is -2.65. The molecule has 0 radical (unpaired) electrons. The van der Waals surface area contributed by atoms with E-state index in [0.29, 0.717) is 43.6 Å². The highest BCUT2D eigenvalue weighted by atomic mass is 35.5. The molecule has 4 rings (SSSR count). The molecule has 0 spiro atoms. The predicted octanol–water partition coefficient (Wildman–Crippen LogP) is 6.05. The predicted molar refractivity (Wildman–Crippen MR) is 189 cm³/mol. The lowest BCUT2D eigenvalue weighted by Gasteiger charge is -2.44. The molecule has 2 amide bonds. The number of primary amides is 1. The maximum Gasteiger partial charge on any atom is 0.346 e. The molecular weight excluding hydrogens is 634 g/mol. The summed E-state index contributed by atoms with van der Waals surface area (Å²) in [7, 11) is 0. The van der Waals surface area contributed by atoms with Gasteiger partial charge in [0.25, 0.3) is 0 Å². The average molecular weight is 686 g/mol. The van der Waals surface area contributed by atoms with Crippen LogP contribution in [0.25, 0.3) is 0 Å². The minimum atomic E-state index is -1.04. The van der Waals surface area contributed by atoms with Crippen LogP contribution in [-0.2, 0) is 19.4 Å². The molecule has 1 heterocycles. The van der Waals surface area contributed by atoms with Gasteiger partial charge < -0.3 is 21.5 Å². The van der Waals surface area contributed by atoms with Crippen LogP contribution in [0.15, 0.2) is 60.7 Å². The Balaban J connectivity index is 0.00000625. The third kappa shape index (κ3) is 9.92. The monoisotopic (exact) mass is 685 g/mol. The van der Waals surface area contributed by atoms with Crippen molar-refractivity contribution >= 4 is 24.2 Å². The molecule has 3 aromatic carbocycles. The molecule has 7 nitrogen and oxygen atoms in total. The molecule has 3 unspecified atom stereocenters. The number of quaternary nitrogens is 1. The highest BCUT2D eigenvalue weighted by Crippen LogP contribution is 2.31. The zero-order valence-corrected chi connectivity index (χ0v) is 29.3. The fourth-order valence-corrected chi connectivity index (χ4v) is 7.21. The van der Waals surface area contributed by atoms with Crippen LogP contribution in [0.2, 0.25) is 0 Å². The molecule has 5 N–H and O–H groups in total. The van der Waals surface area contributed by atoms with Gasteiger partial charge in [0.05, 0.1) is 18.7 Å². The second-order valence-electron chi connectivity index (χ2n) is 13.0. The summed E-state index contributed by atoms with van der Waals surface area (Å²) in [5.74, 6) is -2.15. The van der Waals surface area contributed by atoms with Crippen LogP contribution >= 0.6 is 12.4 Å². The summed E-state index contributed by atoms with van der Waals surface area (Å²) in [6.45, 7) is 9.19. The Morgan fingerprint density at radius 1 is 0.958 bits per heavy atom. The number of hydrogen-bond donors (Lipinski definition) is 4. The molecule has 3 atom stereocenters. The van der Waals surface area contributed by atoms with E-state index in [1.165, 1.54) is 17.7 Å². The summed E-state index contributed by atoms with van der Waals surface area (Å²) < 4.78 is 28.8. The number of carbonyl (C=O) groups is 2. The van der Waals surface area contributed by atoms with E-state index in [2.05, 4.69) is 29.7 Å². The Morgan fingerprint density at radius 3 is 2.23 bits per heavy atom. The summed E-state index contributed by atoms with van der Waals surface area (Å²) in [6, 6.07) is 16.1. The molecule has 0 aliphatic carbocycles. The van der Waals surface area contributed by atoms with E-state index in [-0.39, 0.29) is 47.2 Å². The van der Waals surface area contributed by atoms with Crippen LogP contribution in [0.3, 0.4) is 0 Å². The maximum absolute atomic E-state index is 15.0. The fraction of sp³-hybridized carbons (Fsp3) is 0.474. The second kappa shape index (κ2) is 18.5. The van der Waals surface area contributed by atoms with E-state index in [1.54, 1.807) is 12.1 Å². The molecule has 1 aliphatic rings. The molecule has 0 saturated carbocycles. The number of piperidine rings is 1. The third-order valence-electron chi connectivity index (χ3n) is 9.43. The standard InChI is InChI=1S/C38H50F2N4O3.ClH/c1-4-13-44(14-5-2,38(47)32-20-30(19-31(21-32)37(41)46)29-11-8-12-42-24-29)35(18-28-16-33(39)22-34(40)17-28)36(45)25-43-23-27-10-7-9-26(6-3)15-27;/h7,9-10,15-17,19-22,29,35-36,42-43,45H,4-6,8,11-14,18,23-25H2,1-3H3,(H-,41,46);1H/p+1. The molecule has 262 valence electrons. The minimum Gasteiger partial charge on any atom is -0.386 e. The number of aliphatic hydroxyl groups is 1. The zero-order chi connectivity index (χ0) is 34.0. The summed E-state index contributed by atoms with van der Waals surface area (Å²) in [5, 5.41) is 18.7. The number of hydrogen-bond acceptors (Lipinski definition) is 5. The van der Waals surface area contributed by atoms with Crippen molar-refractivity contribution in [1.29, 1.82) is 0 Å². The zero-order valence-electron chi connectivity index (χ0n) is 28.4. The first-order valence-corrected chi connectivity index (χ1v) is 17.1. The Kier molecular flexibility index (Phi) is 15.1. The SMILES string of the molecule is CCC[N+](CCC)(C(=O)c1cc(C(N)=O)cc(C2CCCNC2)c1)C(Cc1cc(F)cc(F)c1)C(O)CNCc1cccc(CC)c1.Cl. The fourth-order valence-electron chi connectivity index (χ4n) is 7.21. The first-order valence-electron chi connectivity index (χ1n) is 17.1. The highest BCUT2D eigenvalue weighted by molar-refractivity contribution is 5.97. The highest BCUT2D eigenvalue weighted by Gasteiger charge is 2.47. The largest absolute Gasteiger partial charge is 0.386 e. The van der Waals surface area contributed by atoms with Gasteiger partial charge >= 0.3 is 5.91 Å². The van der Waals surface area contributed by atoms with Gasteiger partial charge in [0.2, 0.25) is 5.91 Å². The van der Waals surface area contributed by atoms with Crippen LogP contribution in [0.5, 0.6) is 0 Å². The molecule has 1 fully saturated rings. The number of aryl methyl sites for hydroxylation is 1. The van der Waals surface area contributed by atoms with E-state index in [4.69, 9.17) is 5.73 Å². The van der Waals surface area contributed by atoms with E-state index in [0.717, 1.165) is 49.5 Å². The number of nitrogens with one attached hydrogen (secondary N) is 2. The summed E-state index contributed by atoms with van der Waals surface area (Å²) in [4.78, 5) is 27.5. The number of nitrogens with zero attached hydrogens (tertiary/aromatic N) is 1.